The van der Waals surface area contributed by atoms with E-state index >= 15 is 0 Å². The molecule has 21 heavy (non-hydrogen) atoms. The molecule has 0 saturated carbocycles. The van der Waals surface area contributed by atoms with Gasteiger partial charge in [-0.2, -0.15) is 12.6 Å². The molecular formula is C17H26N2OS. The molecule has 1 amide bonds. The number of hydrogen-bond acceptors (Lipinski definition) is 3. The Morgan fingerprint density at radius 2 is 1.95 bits per heavy atom. The maximum Gasteiger partial charge on any atom is 0.235 e. The maximum atomic E-state index is 12.4. The Kier molecular flexibility index (Phi) is 6.12. The van der Waals surface area contributed by atoms with Crippen LogP contribution in [0.2, 0.25) is 0 Å². The van der Waals surface area contributed by atoms with Crippen molar-refractivity contribution in [2.45, 2.75) is 24.5 Å². The summed E-state index contributed by atoms with van der Waals surface area (Å²) in [5.41, 5.74) is 1.17. The van der Waals surface area contributed by atoms with Crippen molar-refractivity contribution in [2.75, 3.05) is 33.7 Å². The number of thiol groups is 1. The average molecular weight is 306 g/mol. The largest absolute Gasteiger partial charge is 0.345 e. The Morgan fingerprint density at radius 3 is 2.57 bits per heavy atom. The summed E-state index contributed by atoms with van der Waals surface area (Å²) in [5, 5.41) is -0.247. The van der Waals surface area contributed by atoms with Gasteiger partial charge in [-0.05, 0) is 50.9 Å². The van der Waals surface area contributed by atoms with Gasteiger partial charge in [0.15, 0.2) is 0 Å². The molecule has 1 fully saturated rings. The minimum Gasteiger partial charge on any atom is -0.345 e. The molecule has 1 unspecified atom stereocenters. The standard InChI is InChI=1S/C17H26N2OS/c1-18-10-8-15(9-11-18)13-19(2)17(20)16(21)12-14-6-4-3-5-7-14/h3-7,15-16,21H,8-13H2,1-2H3. The molecule has 0 radical (unpaired) electrons. The summed E-state index contributed by atoms with van der Waals surface area (Å²) < 4.78 is 0. The van der Waals surface area contributed by atoms with E-state index in [2.05, 4.69) is 24.6 Å². The first-order chi connectivity index (χ1) is 10.1. The van der Waals surface area contributed by atoms with Gasteiger partial charge in [-0.3, -0.25) is 4.79 Å². The Hall–Kier alpha value is -1.00. The third kappa shape index (κ3) is 5.04. The normalized spacial score (nSPS) is 18.4. The van der Waals surface area contributed by atoms with E-state index in [4.69, 9.17) is 0 Å². The Balaban J connectivity index is 1.81. The zero-order valence-electron chi connectivity index (χ0n) is 13.0. The van der Waals surface area contributed by atoms with Gasteiger partial charge in [0.2, 0.25) is 5.91 Å². The molecule has 0 bridgehead atoms. The van der Waals surface area contributed by atoms with Gasteiger partial charge >= 0.3 is 0 Å². The van der Waals surface area contributed by atoms with Crippen LogP contribution in [-0.2, 0) is 11.2 Å². The van der Waals surface area contributed by atoms with Crippen LogP contribution >= 0.6 is 12.6 Å². The van der Waals surface area contributed by atoms with Gasteiger partial charge in [-0.25, -0.2) is 0 Å². The summed E-state index contributed by atoms with van der Waals surface area (Å²) in [7, 11) is 4.07. The fourth-order valence-electron chi connectivity index (χ4n) is 2.90. The van der Waals surface area contributed by atoms with E-state index < -0.39 is 0 Å². The monoisotopic (exact) mass is 306 g/mol. The minimum absolute atomic E-state index is 0.140. The Bertz CT molecular complexity index is 443. The first-order valence-electron chi connectivity index (χ1n) is 7.71. The van der Waals surface area contributed by atoms with Crippen LogP contribution in [0.3, 0.4) is 0 Å². The van der Waals surface area contributed by atoms with E-state index in [1.165, 1.54) is 18.4 Å². The summed E-state index contributed by atoms with van der Waals surface area (Å²) in [6.45, 7) is 3.14. The molecule has 0 aromatic heterocycles. The molecule has 1 aromatic carbocycles. The summed E-state index contributed by atoms with van der Waals surface area (Å²) >= 11 is 4.51. The van der Waals surface area contributed by atoms with Gasteiger partial charge in [0.25, 0.3) is 0 Å². The molecule has 1 aliphatic heterocycles. The van der Waals surface area contributed by atoms with E-state index in [0.29, 0.717) is 12.3 Å². The highest BCUT2D eigenvalue weighted by atomic mass is 32.1. The van der Waals surface area contributed by atoms with Gasteiger partial charge in [-0.1, -0.05) is 30.3 Å². The average Bonchev–Trinajstić information content (AvgIpc) is 2.49. The highest BCUT2D eigenvalue weighted by Crippen LogP contribution is 2.18. The van der Waals surface area contributed by atoms with Crippen molar-refractivity contribution in [3.63, 3.8) is 0 Å². The van der Waals surface area contributed by atoms with Crippen molar-refractivity contribution >= 4 is 18.5 Å². The number of carbonyl (C=O) groups excluding carboxylic acids is 1. The van der Waals surface area contributed by atoms with Crippen molar-refractivity contribution in [2.24, 2.45) is 5.92 Å². The Morgan fingerprint density at radius 1 is 1.33 bits per heavy atom. The molecule has 1 atom stereocenters. The topological polar surface area (TPSA) is 23.6 Å². The third-order valence-electron chi connectivity index (χ3n) is 4.30. The highest BCUT2D eigenvalue weighted by molar-refractivity contribution is 7.81. The number of nitrogens with zero attached hydrogens (tertiary/aromatic N) is 2. The molecule has 4 heteroatoms. The molecule has 1 aromatic rings. The van der Waals surface area contributed by atoms with Crippen LogP contribution < -0.4 is 0 Å². The molecule has 0 N–H and O–H groups in total. The van der Waals surface area contributed by atoms with Crippen LogP contribution in [0.1, 0.15) is 18.4 Å². The smallest absolute Gasteiger partial charge is 0.235 e. The summed E-state index contributed by atoms with van der Waals surface area (Å²) in [6.07, 6.45) is 3.06. The van der Waals surface area contributed by atoms with Gasteiger partial charge in [0, 0.05) is 13.6 Å². The maximum absolute atomic E-state index is 12.4. The lowest BCUT2D eigenvalue weighted by Crippen LogP contribution is -2.41. The van der Waals surface area contributed by atoms with Crippen molar-refractivity contribution in [3.05, 3.63) is 35.9 Å². The zero-order valence-corrected chi connectivity index (χ0v) is 13.9. The number of piperidine rings is 1. The van der Waals surface area contributed by atoms with Gasteiger partial charge in [-0.15, -0.1) is 0 Å². The summed E-state index contributed by atoms with van der Waals surface area (Å²) in [4.78, 5) is 16.7. The van der Waals surface area contributed by atoms with Gasteiger partial charge in [0.1, 0.15) is 0 Å². The fraction of sp³-hybridized carbons (Fsp3) is 0.588. The van der Waals surface area contributed by atoms with Crippen molar-refractivity contribution in [1.29, 1.82) is 0 Å². The number of amides is 1. The number of carbonyl (C=O) groups is 1. The molecule has 1 saturated heterocycles. The lowest BCUT2D eigenvalue weighted by atomic mass is 9.96. The predicted molar refractivity (Wildman–Crippen MR) is 90.8 cm³/mol. The number of benzene rings is 1. The summed E-state index contributed by atoms with van der Waals surface area (Å²) in [6, 6.07) is 10.1. The minimum atomic E-state index is -0.247. The first kappa shape index (κ1) is 16.4. The van der Waals surface area contributed by atoms with Crippen LogP contribution in [0.5, 0.6) is 0 Å². The van der Waals surface area contributed by atoms with Crippen molar-refractivity contribution in [3.8, 4) is 0 Å². The third-order valence-corrected chi connectivity index (χ3v) is 4.71. The highest BCUT2D eigenvalue weighted by Gasteiger charge is 2.23. The van der Waals surface area contributed by atoms with E-state index in [0.717, 1.165) is 19.6 Å². The van der Waals surface area contributed by atoms with E-state index in [-0.39, 0.29) is 11.2 Å². The molecule has 3 nitrogen and oxygen atoms in total. The molecule has 1 aliphatic rings. The lowest BCUT2D eigenvalue weighted by Gasteiger charge is -2.32. The lowest BCUT2D eigenvalue weighted by molar-refractivity contribution is -0.130. The number of likely N-dealkylation sites (tertiary alicyclic amines) is 1. The molecule has 0 spiro atoms. The van der Waals surface area contributed by atoms with Crippen LogP contribution in [0.25, 0.3) is 0 Å². The SMILES string of the molecule is CN1CCC(CN(C)C(=O)C(S)Cc2ccccc2)CC1. The second-order valence-corrected chi connectivity index (χ2v) is 6.79. The number of rotatable bonds is 5. The molecule has 0 aliphatic carbocycles. The van der Waals surface area contributed by atoms with Gasteiger partial charge < -0.3 is 9.80 Å². The van der Waals surface area contributed by atoms with E-state index in [1.54, 1.807) is 0 Å². The quantitative estimate of drug-likeness (QED) is 0.844. The Labute approximate surface area is 133 Å². The predicted octanol–water partition coefficient (Wildman–Crippen LogP) is 2.33. The molecular weight excluding hydrogens is 280 g/mol. The summed E-state index contributed by atoms with van der Waals surface area (Å²) in [5.74, 6) is 0.772. The number of hydrogen-bond donors (Lipinski definition) is 1. The van der Waals surface area contributed by atoms with E-state index in [9.17, 15) is 4.79 Å². The fourth-order valence-corrected chi connectivity index (χ4v) is 3.31. The first-order valence-corrected chi connectivity index (χ1v) is 8.23. The molecule has 1 heterocycles. The second-order valence-electron chi connectivity index (χ2n) is 6.17. The second kappa shape index (κ2) is 7.85. The van der Waals surface area contributed by atoms with E-state index in [1.807, 2.05) is 42.3 Å². The van der Waals surface area contributed by atoms with Crippen LogP contribution in [0, 0.1) is 5.92 Å². The molecule has 2 rings (SSSR count). The van der Waals surface area contributed by atoms with Crippen LogP contribution in [0.15, 0.2) is 30.3 Å². The van der Waals surface area contributed by atoms with Crippen LogP contribution in [0.4, 0.5) is 0 Å². The zero-order chi connectivity index (χ0) is 15.2. The van der Waals surface area contributed by atoms with Crippen molar-refractivity contribution in [1.82, 2.24) is 9.80 Å². The molecule has 116 valence electrons. The van der Waals surface area contributed by atoms with Gasteiger partial charge in [0.05, 0.1) is 5.25 Å². The van der Waals surface area contributed by atoms with Crippen molar-refractivity contribution < 1.29 is 4.79 Å². The van der Waals surface area contributed by atoms with Crippen LogP contribution in [-0.4, -0.2) is 54.7 Å².